The third-order valence-electron chi connectivity index (χ3n) is 4.50. The molecule has 0 N–H and O–H groups in total. The molecule has 0 saturated carbocycles. The molecular weight excluding hydrogens is 411 g/mol. The highest BCUT2D eigenvalue weighted by atomic mass is 19.4. The van der Waals surface area contributed by atoms with Crippen molar-refractivity contribution in [2.75, 3.05) is 83.2 Å². The van der Waals surface area contributed by atoms with Gasteiger partial charge in [-0.25, -0.2) is 0 Å². The Balaban J connectivity index is 1.83. The Labute approximate surface area is 172 Å². The zero-order valence-electron chi connectivity index (χ0n) is 16.9. The van der Waals surface area contributed by atoms with Gasteiger partial charge < -0.3 is 33.5 Å². The monoisotopic (exact) mass is 437 g/mol. The minimum atomic E-state index is -4.50. The average molecular weight is 437 g/mol. The fraction of sp³-hybridized carbons (Fsp3) is 0.824. The molecule has 1 aromatic rings. The molecular formula is C17H26F3N5O5. The number of ether oxygens (including phenoxy) is 5. The normalized spacial score (nSPS) is 23.0. The second-order valence-electron chi connectivity index (χ2n) is 6.91. The standard InChI is InChI=1S/C17H26F3N5O5/c1-26-9-12-7-24(3-5-28-12)14-21-15(23-16(22-14)30-11-17(18,19)20)25-4-6-29-13(8-25)10-27-2/h12-13H,3-11H2,1-2H3. The SMILES string of the molecule is COCC1CN(c2nc(OCC(F)(F)F)nc(N3CCOC(COC)C3)n2)CCO1. The van der Waals surface area contributed by atoms with E-state index in [4.69, 9.17) is 23.7 Å². The number of aromatic nitrogens is 3. The zero-order valence-corrected chi connectivity index (χ0v) is 16.9. The van der Waals surface area contributed by atoms with E-state index < -0.39 is 12.8 Å². The van der Waals surface area contributed by atoms with Gasteiger partial charge in [0, 0.05) is 40.4 Å². The van der Waals surface area contributed by atoms with Gasteiger partial charge in [-0.05, 0) is 0 Å². The van der Waals surface area contributed by atoms with E-state index >= 15 is 0 Å². The van der Waals surface area contributed by atoms with Crippen LogP contribution in [0.25, 0.3) is 0 Å². The van der Waals surface area contributed by atoms with Crippen LogP contribution in [0.1, 0.15) is 0 Å². The van der Waals surface area contributed by atoms with Crippen molar-refractivity contribution >= 4 is 11.9 Å². The van der Waals surface area contributed by atoms with E-state index in [1.54, 1.807) is 14.2 Å². The minimum absolute atomic E-state index is 0.196. The van der Waals surface area contributed by atoms with Gasteiger partial charge >= 0.3 is 12.2 Å². The maximum atomic E-state index is 12.6. The molecule has 2 atom stereocenters. The number of rotatable bonds is 8. The van der Waals surface area contributed by atoms with Crippen LogP contribution in [-0.4, -0.2) is 107 Å². The number of hydrogen-bond acceptors (Lipinski definition) is 10. The molecule has 0 spiro atoms. The van der Waals surface area contributed by atoms with Crippen molar-refractivity contribution in [1.82, 2.24) is 15.0 Å². The number of anilines is 2. The summed E-state index contributed by atoms with van der Waals surface area (Å²) < 4.78 is 64.3. The molecule has 0 bridgehead atoms. The van der Waals surface area contributed by atoms with E-state index in [9.17, 15) is 13.2 Å². The quantitative estimate of drug-likeness (QED) is 0.573. The van der Waals surface area contributed by atoms with Gasteiger partial charge in [-0.1, -0.05) is 0 Å². The third kappa shape index (κ3) is 6.52. The predicted molar refractivity (Wildman–Crippen MR) is 99.0 cm³/mol. The number of halogens is 3. The van der Waals surface area contributed by atoms with Crippen molar-refractivity contribution in [3.8, 4) is 6.01 Å². The van der Waals surface area contributed by atoms with Gasteiger partial charge in [0.15, 0.2) is 6.61 Å². The lowest BCUT2D eigenvalue weighted by atomic mass is 10.3. The molecule has 0 aliphatic carbocycles. The first-order chi connectivity index (χ1) is 14.4. The van der Waals surface area contributed by atoms with Crippen LogP contribution >= 0.6 is 0 Å². The highest BCUT2D eigenvalue weighted by Gasteiger charge is 2.31. The molecule has 0 radical (unpaired) electrons. The van der Waals surface area contributed by atoms with Crippen LogP contribution in [0.3, 0.4) is 0 Å². The van der Waals surface area contributed by atoms with Gasteiger partial charge in [-0.3, -0.25) is 0 Å². The molecule has 0 aromatic carbocycles. The number of methoxy groups -OCH3 is 2. The van der Waals surface area contributed by atoms with Crippen LogP contribution in [0, 0.1) is 0 Å². The molecule has 2 unspecified atom stereocenters. The average Bonchev–Trinajstić information content (AvgIpc) is 2.72. The number of hydrogen-bond donors (Lipinski definition) is 0. The molecule has 1 aromatic heterocycles. The van der Waals surface area contributed by atoms with Crippen LogP contribution < -0.4 is 14.5 Å². The van der Waals surface area contributed by atoms with Crippen molar-refractivity contribution in [1.29, 1.82) is 0 Å². The summed E-state index contributed by atoms with van der Waals surface area (Å²) in [4.78, 5) is 16.4. The molecule has 2 aliphatic heterocycles. The maximum Gasteiger partial charge on any atom is 0.422 e. The highest BCUT2D eigenvalue weighted by Crippen LogP contribution is 2.23. The van der Waals surface area contributed by atoms with Crippen LogP contribution in [0.2, 0.25) is 0 Å². The van der Waals surface area contributed by atoms with E-state index in [1.165, 1.54) is 0 Å². The molecule has 3 heterocycles. The highest BCUT2D eigenvalue weighted by molar-refractivity contribution is 5.41. The van der Waals surface area contributed by atoms with E-state index in [0.29, 0.717) is 52.6 Å². The van der Waals surface area contributed by atoms with Gasteiger partial charge in [-0.15, -0.1) is 0 Å². The Morgan fingerprint density at radius 2 is 1.40 bits per heavy atom. The minimum Gasteiger partial charge on any atom is -0.454 e. The van der Waals surface area contributed by atoms with Crippen molar-refractivity contribution in [3.63, 3.8) is 0 Å². The van der Waals surface area contributed by atoms with Crippen molar-refractivity contribution in [2.24, 2.45) is 0 Å². The summed E-state index contributed by atoms with van der Waals surface area (Å²) in [6.07, 6.45) is -4.89. The van der Waals surface area contributed by atoms with Crippen LogP contribution in [-0.2, 0) is 18.9 Å². The van der Waals surface area contributed by atoms with Gasteiger partial charge in [0.1, 0.15) is 0 Å². The Kier molecular flexibility index (Phi) is 7.86. The molecule has 3 rings (SSSR count). The second kappa shape index (κ2) is 10.4. The largest absolute Gasteiger partial charge is 0.454 e. The fourth-order valence-corrected chi connectivity index (χ4v) is 3.20. The number of alkyl halides is 3. The van der Waals surface area contributed by atoms with Crippen LogP contribution in [0.15, 0.2) is 0 Å². The van der Waals surface area contributed by atoms with Crippen molar-refractivity contribution in [3.05, 3.63) is 0 Å². The lowest BCUT2D eigenvalue weighted by Crippen LogP contribution is -2.46. The lowest BCUT2D eigenvalue weighted by molar-refractivity contribution is -0.154. The number of morpholine rings is 2. The Morgan fingerprint density at radius 3 is 1.83 bits per heavy atom. The summed E-state index contributed by atoms with van der Waals surface area (Å²) in [5, 5.41) is 0. The first-order valence-electron chi connectivity index (χ1n) is 9.54. The van der Waals surface area contributed by atoms with Crippen LogP contribution in [0.5, 0.6) is 6.01 Å². The van der Waals surface area contributed by atoms with Gasteiger partial charge in [0.25, 0.3) is 0 Å². The van der Waals surface area contributed by atoms with Crippen molar-refractivity contribution in [2.45, 2.75) is 18.4 Å². The molecule has 13 heteroatoms. The van der Waals surface area contributed by atoms with E-state index in [0.717, 1.165) is 0 Å². The topological polar surface area (TPSA) is 91.3 Å². The summed E-state index contributed by atoms with van der Waals surface area (Å²) in [6.45, 7) is 1.96. The second-order valence-corrected chi connectivity index (χ2v) is 6.91. The predicted octanol–water partition coefficient (Wildman–Crippen LogP) is 0.516. The van der Waals surface area contributed by atoms with Crippen LogP contribution in [0.4, 0.5) is 25.1 Å². The molecule has 2 saturated heterocycles. The summed E-state index contributed by atoms with van der Waals surface area (Å²) in [7, 11) is 3.14. The number of nitrogens with zero attached hydrogens (tertiary/aromatic N) is 5. The molecule has 30 heavy (non-hydrogen) atoms. The fourth-order valence-electron chi connectivity index (χ4n) is 3.20. The van der Waals surface area contributed by atoms with Gasteiger partial charge in [0.2, 0.25) is 11.9 Å². The maximum absolute atomic E-state index is 12.6. The Hall–Kier alpha value is -1.96. The summed E-state index contributed by atoms with van der Waals surface area (Å²) in [5.41, 5.74) is 0. The zero-order chi connectivity index (χ0) is 21.6. The summed E-state index contributed by atoms with van der Waals surface area (Å²) in [6, 6.07) is -0.378. The lowest BCUT2D eigenvalue weighted by Gasteiger charge is -2.35. The van der Waals surface area contributed by atoms with Crippen molar-refractivity contribution < 1.29 is 36.9 Å². The Morgan fingerprint density at radius 1 is 0.900 bits per heavy atom. The first kappa shape index (κ1) is 22.7. The molecule has 0 amide bonds. The third-order valence-corrected chi connectivity index (χ3v) is 4.50. The first-order valence-corrected chi connectivity index (χ1v) is 9.54. The van der Waals surface area contributed by atoms with E-state index in [2.05, 4.69) is 15.0 Å². The molecule has 2 aliphatic rings. The Bertz CT molecular complexity index is 635. The smallest absolute Gasteiger partial charge is 0.422 e. The summed E-state index contributed by atoms with van der Waals surface area (Å²) in [5.74, 6) is 0.465. The van der Waals surface area contributed by atoms with Gasteiger partial charge in [-0.2, -0.15) is 28.1 Å². The van der Waals surface area contributed by atoms with E-state index in [1.807, 2.05) is 9.80 Å². The van der Waals surface area contributed by atoms with Gasteiger partial charge in [0.05, 0.1) is 38.6 Å². The molecule has 170 valence electrons. The molecule has 10 nitrogen and oxygen atoms in total. The molecule has 2 fully saturated rings. The van der Waals surface area contributed by atoms with E-state index in [-0.39, 0.29) is 30.1 Å². The summed E-state index contributed by atoms with van der Waals surface area (Å²) >= 11 is 0.